The van der Waals surface area contributed by atoms with Crippen LogP contribution in [0.3, 0.4) is 0 Å². The van der Waals surface area contributed by atoms with Gasteiger partial charge in [0, 0.05) is 57.6 Å². The summed E-state index contributed by atoms with van der Waals surface area (Å²) in [4.78, 5) is 28.5. The van der Waals surface area contributed by atoms with Crippen LogP contribution in [0.4, 0.5) is 11.6 Å². The lowest BCUT2D eigenvalue weighted by molar-refractivity contribution is 0.0997. The van der Waals surface area contributed by atoms with E-state index in [1.165, 1.54) is 24.6 Å². The maximum absolute atomic E-state index is 12.6. The zero-order valence-corrected chi connectivity index (χ0v) is 22.7. The smallest absolute Gasteiger partial charge is 0.258 e. The number of benzene rings is 1. The second-order valence-electron chi connectivity index (χ2n) is 9.50. The third kappa shape index (κ3) is 6.72. The third-order valence-electron chi connectivity index (χ3n) is 7.06. The van der Waals surface area contributed by atoms with Crippen molar-refractivity contribution in [3.63, 3.8) is 0 Å². The molecular weight excluding hydrogens is 531 g/mol. The standard InChI is InChI=1S/C27H29Cl3N6O.H2/c28-21-3-1-19(2-4-21)18-34-9-7-23(8-10-34)35-11-13-36(14-12-35)26-24(30)15-20(16-32-26)27(37)33-25-6-5-22(29)17-31-25;/h1-6,15-17,23H,7-14,18H2,(H,31,33,37);1H. The molecule has 0 spiro atoms. The average Bonchev–Trinajstić information content (AvgIpc) is 2.92. The zero-order chi connectivity index (χ0) is 25.8. The molecule has 2 saturated heterocycles. The molecule has 7 nitrogen and oxygen atoms in total. The van der Waals surface area contributed by atoms with Crippen LogP contribution in [0.5, 0.6) is 0 Å². The van der Waals surface area contributed by atoms with Gasteiger partial charge in [0.05, 0.1) is 15.6 Å². The predicted molar refractivity (Wildman–Crippen MR) is 152 cm³/mol. The van der Waals surface area contributed by atoms with Gasteiger partial charge in [-0.3, -0.25) is 14.6 Å². The summed E-state index contributed by atoms with van der Waals surface area (Å²) in [5.74, 6) is 0.824. The van der Waals surface area contributed by atoms with Crippen LogP contribution in [0.25, 0.3) is 0 Å². The Morgan fingerprint density at radius 3 is 2.24 bits per heavy atom. The topological polar surface area (TPSA) is 64.6 Å². The summed E-state index contributed by atoms with van der Waals surface area (Å²) >= 11 is 18.4. The number of nitrogens with zero attached hydrogens (tertiary/aromatic N) is 5. The number of carbonyl (C=O) groups is 1. The van der Waals surface area contributed by atoms with E-state index in [1.54, 1.807) is 24.4 Å². The van der Waals surface area contributed by atoms with E-state index in [2.05, 4.69) is 42.1 Å². The van der Waals surface area contributed by atoms with Crippen LogP contribution >= 0.6 is 34.8 Å². The van der Waals surface area contributed by atoms with E-state index < -0.39 is 0 Å². The second kappa shape index (κ2) is 12.0. The lowest BCUT2D eigenvalue weighted by Crippen LogP contribution is -2.53. The molecule has 10 heteroatoms. The van der Waals surface area contributed by atoms with Crippen LogP contribution in [0.2, 0.25) is 15.1 Å². The quantitative estimate of drug-likeness (QED) is 0.415. The number of hydrogen-bond donors (Lipinski definition) is 1. The van der Waals surface area contributed by atoms with Gasteiger partial charge in [0.15, 0.2) is 0 Å². The molecule has 1 amide bonds. The van der Waals surface area contributed by atoms with Crippen LogP contribution < -0.4 is 10.2 Å². The Labute approximate surface area is 233 Å². The number of piperazine rings is 1. The van der Waals surface area contributed by atoms with Gasteiger partial charge in [-0.1, -0.05) is 46.9 Å². The molecule has 0 atom stereocenters. The molecule has 1 N–H and O–H groups in total. The number of hydrogen-bond acceptors (Lipinski definition) is 6. The van der Waals surface area contributed by atoms with Crippen molar-refractivity contribution in [1.82, 2.24) is 19.8 Å². The molecule has 37 heavy (non-hydrogen) atoms. The number of piperidine rings is 1. The number of likely N-dealkylation sites (tertiary alicyclic amines) is 1. The Morgan fingerprint density at radius 1 is 0.892 bits per heavy atom. The fourth-order valence-corrected chi connectivity index (χ4v) is 5.54. The van der Waals surface area contributed by atoms with Gasteiger partial charge in [-0.15, -0.1) is 0 Å². The highest BCUT2D eigenvalue weighted by atomic mass is 35.5. The number of halogens is 3. The third-order valence-corrected chi connectivity index (χ3v) is 7.81. The first-order valence-corrected chi connectivity index (χ1v) is 13.6. The van der Waals surface area contributed by atoms with E-state index in [0.717, 1.165) is 56.7 Å². The Bertz CT molecular complexity index is 1210. The van der Waals surface area contributed by atoms with Crippen molar-refractivity contribution in [3.05, 3.63) is 81.1 Å². The Balaban J connectivity index is 0.00000336. The van der Waals surface area contributed by atoms with Gasteiger partial charge < -0.3 is 10.2 Å². The SMILES string of the molecule is O=C(Nc1ccc(Cl)cn1)c1cnc(N2CCN(C3CCN(Cc4ccc(Cl)cc4)CC3)CC2)c(Cl)c1.[HH]. The highest BCUT2D eigenvalue weighted by Crippen LogP contribution is 2.27. The van der Waals surface area contributed by atoms with Crippen molar-refractivity contribution in [2.75, 3.05) is 49.5 Å². The Kier molecular flexibility index (Phi) is 8.47. The summed E-state index contributed by atoms with van der Waals surface area (Å²) in [6.07, 6.45) is 5.41. The minimum absolute atomic E-state index is 0. The van der Waals surface area contributed by atoms with Crippen LogP contribution in [0.15, 0.2) is 54.9 Å². The Morgan fingerprint density at radius 2 is 1.59 bits per heavy atom. The molecule has 5 rings (SSSR count). The monoisotopic (exact) mass is 560 g/mol. The number of pyridine rings is 2. The molecule has 0 unspecified atom stereocenters. The molecule has 0 aliphatic carbocycles. The summed E-state index contributed by atoms with van der Waals surface area (Å²) in [6.45, 7) is 6.86. The second-order valence-corrected chi connectivity index (χ2v) is 10.8. The molecule has 0 radical (unpaired) electrons. The van der Waals surface area contributed by atoms with E-state index in [-0.39, 0.29) is 7.33 Å². The summed E-state index contributed by atoms with van der Waals surface area (Å²) in [5, 5.41) is 4.50. The van der Waals surface area contributed by atoms with Gasteiger partial charge in [0.25, 0.3) is 5.91 Å². The van der Waals surface area contributed by atoms with Gasteiger partial charge in [-0.25, -0.2) is 9.97 Å². The van der Waals surface area contributed by atoms with Crippen molar-refractivity contribution >= 4 is 52.3 Å². The summed E-state index contributed by atoms with van der Waals surface area (Å²) in [7, 11) is 0. The van der Waals surface area contributed by atoms with Crippen molar-refractivity contribution in [3.8, 4) is 0 Å². The molecule has 2 aliphatic rings. The molecule has 1 aromatic carbocycles. The Hall–Kier alpha value is -2.42. The molecule has 196 valence electrons. The molecule has 2 aliphatic heterocycles. The lowest BCUT2D eigenvalue weighted by Gasteiger charge is -2.43. The highest BCUT2D eigenvalue weighted by Gasteiger charge is 2.28. The van der Waals surface area contributed by atoms with Gasteiger partial charge in [-0.2, -0.15) is 0 Å². The van der Waals surface area contributed by atoms with Crippen LogP contribution in [-0.4, -0.2) is 71.0 Å². The fourth-order valence-electron chi connectivity index (χ4n) is 5.02. The van der Waals surface area contributed by atoms with Gasteiger partial charge in [0.2, 0.25) is 0 Å². The van der Waals surface area contributed by atoms with Gasteiger partial charge in [0.1, 0.15) is 11.6 Å². The minimum atomic E-state index is -0.317. The number of rotatable bonds is 6. The molecule has 3 aromatic rings. The van der Waals surface area contributed by atoms with E-state index in [9.17, 15) is 4.79 Å². The number of amides is 1. The molecule has 4 heterocycles. The van der Waals surface area contributed by atoms with Crippen LogP contribution in [0, 0.1) is 0 Å². The zero-order valence-electron chi connectivity index (χ0n) is 20.4. The van der Waals surface area contributed by atoms with Crippen LogP contribution in [-0.2, 0) is 6.54 Å². The van der Waals surface area contributed by atoms with E-state index in [0.29, 0.717) is 27.5 Å². The number of carbonyl (C=O) groups excluding carboxylic acids is 1. The highest BCUT2D eigenvalue weighted by molar-refractivity contribution is 6.33. The largest absolute Gasteiger partial charge is 0.353 e. The number of nitrogens with one attached hydrogen (secondary N) is 1. The summed E-state index contributed by atoms with van der Waals surface area (Å²) in [6, 6.07) is 13.7. The fraction of sp³-hybridized carbons (Fsp3) is 0.370. The van der Waals surface area contributed by atoms with Crippen molar-refractivity contribution < 1.29 is 6.22 Å². The van der Waals surface area contributed by atoms with E-state index >= 15 is 0 Å². The van der Waals surface area contributed by atoms with Crippen molar-refractivity contribution in [2.24, 2.45) is 0 Å². The first-order valence-electron chi connectivity index (χ1n) is 12.5. The van der Waals surface area contributed by atoms with Gasteiger partial charge >= 0.3 is 0 Å². The average molecular weight is 562 g/mol. The lowest BCUT2D eigenvalue weighted by atomic mass is 10.0. The molecular formula is C27H31Cl3N6O. The van der Waals surface area contributed by atoms with Crippen molar-refractivity contribution in [2.45, 2.75) is 25.4 Å². The first kappa shape index (κ1) is 26.2. The molecule has 2 aromatic heterocycles. The predicted octanol–water partition coefficient (Wildman–Crippen LogP) is 5.72. The molecule has 0 bridgehead atoms. The normalized spacial score (nSPS) is 17.6. The molecule has 0 saturated carbocycles. The van der Waals surface area contributed by atoms with Crippen molar-refractivity contribution in [1.29, 1.82) is 0 Å². The summed E-state index contributed by atoms with van der Waals surface area (Å²) < 4.78 is 0. The number of anilines is 2. The maximum atomic E-state index is 12.6. The number of aromatic nitrogens is 2. The molecule has 2 fully saturated rings. The summed E-state index contributed by atoms with van der Waals surface area (Å²) in [5.41, 5.74) is 1.69. The minimum Gasteiger partial charge on any atom is -0.353 e. The van der Waals surface area contributed by atoms with Gasteiger partial charge in [-0.05, 0) is 61.8 Å². The van der Waals surface area contributed by atoms with Crippen LogP contribution in [0.1, 0.15) is 30.2 Å². The van der Waals surface area contributed by atoms with E-state index in [1.807, 2.05) is 12.1 Å². The van der Waals surface area contributed by atoms with E-state index in [4.69, 9.17) is 34.8 Å². The first-order chi connectivity index (χ1) is 17.9. The maximum Gasteiger partial charge on any atom is 0.258 e.